The fourth-order valence-electron chi connectivity index (χ4n) is 5.96. The molecule has 3 heterocycles. The molecule has 3 aliphatic heterocycles. The highest BCUT2D eigenvalue weighted by atomic mass is 19.1. The standard InChI is InChI=1S/C29H36FNO4/c1-27(2,33)24-11-12-28(3,35-24)25-18-29(19-34-25)13-15-31(16-14-29)26(32)21-9-7-20(8-10-21)22-5-4-6-23(30)17-22/h4-10,17,24-25,33H,11-16,18-19H2,1-3H3/t24-,25+,28+/m0/s1. The normalized spacial score (nSPS) is 28.5. The minimum absolute atomic E-state index is 0.0208. The van der Waals surface area contributed by atoms with E-state index in [9.17, 15) is 14.3 Å². The van der Waals surface area contributed by atoms with Gasteiger partial charge >= 0.3 is 0 Å². The third kappa shape index (κ3) is 4.89. The van der Waals surface area contributed by atoms with Crippen molar-refractivity contribution in [2.45, 2.75) is 76.3 Å². The van der Waals surface area contributed by atoms with Crippen LogP contribution >= 0.6 is 0 Å². The highest BCUT2D eigenvalue weighted by molar-refractivity contribution is 5.94. The number of nitrogens with zero attached hydrogens (tertiary/aromatic N) is 1. The molecule has 5 rings (SSSR count). The van der Waals surface area contributed by atoms with E-state index in [0.29, 0.717) is 25.3 Å². The van der Waals surface area contributed by atoms with E-state index in [1.165, 1.54) is 12.1 Å². The van der Waals surface area contributed by atoms with Crippen molar-refractivity contribution in [1.29, 1.82) is 0 Å². The predicted molar refractivity (Wildman–Crippen MR) is 133 cm³/mol. The van der Waals surface area contributed by atoms with Gasteiger partial charge in [0.05, 0.1) is 30.0 Å². The van der Waals surface area contributed by atoms with Crippen molar-refractivity contribution in [2.24, 2.45) is 5.41 Å². The summed E-state index contributed by atoms with van der Waals surface area (Å²) in [5.74, 6) is -0.228. The van der Waals surface area contributed by atoms with E-state index in [2.05, 4.69) is 6.92 Å². The van der Waals surface area contributed by atoms with Crippen LogP contribution < -0.4 is 0 Å². The number of carbonyl (C=O) groups excluding carboxylic acids is 1. The smallest absolute Gasteiger partial charge is 0.253 e. The summed E-state index contributed by atoms with van der Waals surface area (Å²) in [5.41, 5.74) is 1.21. The quantitative estimate of drug-likeness (QED) is 0.651. The van der Waals surface area contributed by atoms with Crippen molar-refractivity contribution in [3.63, 3.8) is 0 Å². The van der Waals surface area contributed by atoms with E-state index in [0.717, 1.165) is 43.2 Å². The number of hydrogen-bond acceptors (Lipinski definition) is 4. The van der Waals surface area contributed by atoms with E-state index in [-0.39, 0.29) is 34.9 Å². The SMILES string of the molecule is CC(C)(O)[C@@H]1CC[C@](C)([C@H]2CC3(CCN(C(=O)c4ccc(-c5cccc(F)c5)cc4)CC3)CO2)O1. The summed E-state index contributed by atoms with van der Waals surface area (Å²) in [6.45, 7) is 7.86. The Morgan fingerprint density at radius 3 is 2.43 bits per heavy atom. The zero-order valence-corrected chi connectivity index (χ0v) is 20.9. The second-order valence-electron chi connectivity index (χ2n) is 11.5. The number of carbonyl (C=O) groups is 1. The molecule has 1 spiro atoms. The molecule has 0 radical (unpaired) electrons. The molecule has 1 amide bonds. The van der Waals surface area contributed by atoms with Gasteiger partial charge in [-0.3, -0.25) is 4.79 Å². The van der Waals surface area contributed by atoms with Crippen LogP contribution in [0.2, 0.25) is 0 Å². The number of ether oxygens (including phenoxy) is 2. The van der Waals surface area contributed by atoms with Crippen LogP contribution in [0.5, 0.6) is 0 Å². The molecule has 0 bridgehead atoms. The highest BCUT2D eigenvalue weighted by Crippen LogP contribution is 2.49. The van der Waals surface area contributed by atoms with Crippen molar-refractivity contribution in [1.82, 2.24) is 4.90 Å². The molecular weight excluding hydrogens is 445 g/mol. The third-order valence-corrected chi connectivity index (χ3v) is 8.39. The zero-order chi connectivity index (χ0) is 24.8. The summed E-state index contributed by atoms with van der Waals surface area (Å²) >= 11 is 0. The molecule has 6 heteroatoms. The lowest BCUT2D eigenvalue weighted by atomic mass is 9.74. The van der Waals surface area contributed by atoms with Crippen LogP contribution in [0, 0.1) is 11.2 Å². The Hall–Kier alpha value is -2.28. The fourth-order valence-corrected chi connectivity index (χ4v) is 5.96. The predicted octanol–water partition coefficient (Wildman–Crippen LogP) is 5.21. The van der Waals surface area contributed by atoms with Gasteiger partial charge in [0.15, 0.2) is 0 Å². The summed E-state index contributed by atoms with van der Waals surface area (Å²) in [7, 11) is 0. The number of aliphatic hydroxyl groups is 1. The average Bonchev–Trinajstić information content (AvgIpc) is 3.45. The van der Waals surface area contributed by atoms with Crippen LogP contribution in [0.15, 0.2) is 48.5 Å². The van der Waals surface area contributed by atoms with Gasteiger partial charge in [-0.25, -0.2) is 4.39 Å². The molecule has 5 nitrogen and oxygen atoms in total. The Balaban J connectivity index is 1.18. The number of rotatable bonds is 4. The first-order valence-corrected chi connectivity index (χ1v) is 12.7. The second-order valence-corrected chi connectivity index (χ2v) is 11.5. The van der Waals surface area contributed by atoms with Crippen LogP contribution in [-0.2, 0) is 9.47 Å². The first kappa shape index (κ1) is 24.4. The van der Waals surface area contributed by atoms with Crippen molar-refractivity contribution in [3.05, 3.63) is 59.9 Å². The van der Waals surface area contributed by atoms with Gasteiger partial charge in [-0.2, -0.15) is 0 Å². The fraction of sp³-hybridized carbons (Fsp3) is 0.552. The summed E-state index contributed by atoms with van der Waals surface area (Å²) in [6.07, 6.45) is 4.36. The maximum absolute atomic E-state index is 13.5. The third-order valence-electron chi connectivity index (χ3n) is 8.39. The Kier molecular flexibility index (Phi) is 6.27. The van der Waals surface area contributed by atoms with Crippen molar-refractivity contribution >= 4 is 5.91 Å². The van der Waals surface area contributed by atoms with Crippen LogP contribution in [0.25, 0.3) is 11.1 Å². The summed E-state index contributed by atoms with van der Waals surface area (Å²) in [6, 6.07) is 13.9. The maximum Gasteiger partial charge on any atom is 0.253 e. The van der Waals surface area contributed by atoms with Gasteiger partial charge < -0.3 is 19.5 Å². The van der Waals surface area contributed by atoms with E-state index in [4.69, 9.17) is 9.47 Å². The van der Waals surface area contributed by atoms with E-state index < -0.39 is 5.60 Å². The number of halogens is 1. The van der Waals surface area contributed by atoms with Gasteiger partial charge in [-0.1, -0.05) is 24.3 Å². The topological polar surface area (TPSA) is 59.0 Å². The summed E-state index contributed by atoms with van der Waals surface area (Å²) < 4.78 is 26.2. The molecule has 0 aliphatic carbocycles. The molecule has 2 aromatic rings. The minimum atomic E-state index is -0.852. The van der Waals surface area contributed by atoms with E-state index in [1.807, 2.05) is 49.1 Å². The van der Waals surface area contributed by atoms with E-state index >= 15 is 0 Å². The second kappa shape index (κ2) is 8.99. The van der Waals surface area contributed by atoms with Crippen molar-refractivity contribution in [2.75, 3.05) is 19.7 Å². The highest BCUT2D eigenvalue weighted by Gasteiger charge is 2.53. The molecule has 0 saturated carbocycles. The molecule has 3 saturated heterocycles. The molecule has 35 heavy (non-hydrogen) atoms. The minimum Gasteiger partial charge on any atom is -0.388 e. The van der Waals surface area contributed by atoms with Gasteiger partial charge in [0.2, 0.25) is 0 Å². The number of benzene rings is 2. The lowest BCUT2D eigenvalue weighted by Gasteiger charge is -2.39. The molecule has 3 aliphatic rings. The summed E-state index contributed by atoms with van der Waals surface area (Å²) in [4.78, 5) is 15.1. The number of likely N-dealkylation sites (tertiary alicyclic amines) is 1. The average molecular weight is 482 g/mol. The molecule has 0 aromatic heterocycles. The van der Waals surface area contributed by atoms with Gasteiger partial charge in [0.1, 0.15) is 5.82 Å². The van der Waals surface area contributed by atoms with Gasteiger partial charge in [0.25, 0.3) is 5.91 Å². The largest absolute Gasteiger partial charge is 0.388 e. The maximum atomic E-state index is 13.5. The van der Waals surface area contributed by atoms with Crippen LogP contribution in [-0.4, -0.2) is 59.0 Å². The number of amides is 1. The molecule has 3 atom stereocenters. The Morgan fingerprint density at radius 1 is 1.09 bits per heavy atom. The molecular formula is C29H36FNO4. The zero-order valence-electron chi connectivity index (χ0n) is 20.9. The Labute approximate surface area is 207 Å². The number of piperidine rings is 1. The Morgan fingerprint density at radius 2 is 1.80 bits per heavy atom. The van der Waals surface area contributed by atoms with Crippen LogP contribution in [0.1, 0.15) is 63.2 Å². The first-order valence-electron chi connectivity index (χ1n) is 12.7. The van der Waals surface area contributed by atoms with Crippen molar-refractivity contribution in [3.8, 4) is 11.1 Å². The van der Waals surface area contributed by atoms with Crippen LogP contribution in [0.3, 0.4) is 0 Å². The van der Waals surface area contributed by atoms with Crippen molar-refractivity contribution < 1.29 is 23.8 Å². The van der Waals surface area contributed by atoms with Gasteiger partial charge in [0, 0.05) is 18.7 Å². The van der Waals surface area contributed by atoms with Gasteiger partial charge in [-0.15, -0.1) is 0 Å². The molecule has 1 N–H and O–H groups in total. The van der Waals surface area contributed by atoms with E-state index in [1.54, 1.807) is 6.07 Å². The van der Waals surface area contributed by atoms with Gasteiger partial charge in [-0.05, 0) is 93.7 Å². The lowest BCUT2D eigenvalue weighted by Crippen LogP contribution is -2.45. The molecule has 3 fully saturated rings. The number of hydrogen-bond donors (Lipinski definition) is 1. The monoisotopic (exact) mass is 481 g/mol. The first-order chi connectivity index (χ1) is 16.6. The molecule has 188 valence electrons. The Bertz CT molecular complexity index is 1070. The molecule has 0 unspecified atom stereocenters. The van der Waals surface area contributed by atoms with Crippen LogP contribution in [0.4, 0.5) is 4.39 Å². The molecule has 2 aromatic carbocycles. The summed E-state index contributed by atoms with van der Waals surface area (Å²) in [5, 5.41) is 10.4. The lowest BCUT2D eigenvalue weighted by molar-refractivity contribution is -0.155.